The highest BCUT2D eigenvalue weighted by atomic mass is 35.5. The lowest BCUT2D eigenvalue weighted by Crippen LogP contribution is -2.15. The molecule has 1 rings (SSSR count). The molecule has 98 valence electrons. The van der Waals surface area contributed by atoms with E-state index in [1.807, 2.05) is 30.3 Å². The van der Waals surface area contributed by atoms with Gasteiger partial charge in [-0.3, -0.25) is 0 Å². The number of rotatable bonds is 7. The van der Waals surface area contributed by atoms with E-state index in [9.17, 15) is 0 Å². The molecule has 0 aromatic heterocycles. The highest BCUT2D eigenvalue weighted by Crippen LogP contribution is 2.00. The maximum absolute atomic E-state index is 5.53. The molecule has 1 nitrogen and oxygen atoms in total. The number of hydrogen-bond donors (Lipinski definition) is 1. The normalized spacial score (nSPS) is 9.59. The summed E-state index contributed by atoms with van der Waals surface area (Å²) < 4.78 is 0. The summed E-state index contributed by atoms with van der Waals surface area (Å²) in [5.41, 5.74) is 1.18. The highest BCUT2D eigenvalue weighted by molar-refractivity contribution is 6.17. The fourth-order valence-corrected chi connectivity index (χ4v) is 1.47. The second kappa shape index (κ2) is 13.5. The van der Waals surface area contributed by atoms with Crippen LogP contribution in [0.15, 0.2) is 30.3 Å². The topological polar surface area (TPSA) is 12.0 Å². The van der Waals surface area contributed by atoms with Gasteiger partial charge in [-0.25, -0.2) is 0 Å². The van der Waals surface area contributed by atoms with Crippen LogP contribution in [0.5, 0.6) is 0 Å². The zero-order valence-corrected chi connectivity index (χ0v) is 12.0. The van der Waals surface area contributed by atoms with Crippen molar-refractivity contribution >= 4 is 11.6 Å². The second-order valence-electron chi connectivity index (χ2n) is 4.08. The van der Waals surface area contributed by atoms with E-state index in [0.717, 1.165) is 0 Å². The fourth-order valence-electron chi connectivity index (χ4n) is 1.30. The summed E-state index contributed by atoms with van der Waals surface area (Å²) in [7, 11) is 0. The smallest absolute Gasteiger partial charge is 0.0474 e. The third kappa shape index (κ3) is 11.7. The Morgan fingerprint density at radius 1 is 0.941 bits per heavy atom. The molecule has 2 heteroatoms. The van der Waals surface area contributed by atoms with Gasteiger partial charge < -0.3 is 5.32 Å². The summed E-state index contributed by atoms with van der Waals surface area (Å²) in [5.74, 6) is 0.612. The fraction of sp³-hybridized carbons (Fsp3) is 0.600. The zero-order valence-electron chi connectivity index (χ0n) is 11.2. The summed E-state index contributed by atoms with van der Waals surface area (Å²) in [4.78, 5) is 0. The van der Waals surface area contributed by atoms with Crippen molar-refractivity contribution in [2.24, 2.45) is 0 Å². The maximum Gasteiger partial charge on any atom is 0.0474 e. The first kappa shape index (κ1) is 16.5. The quantitative estimate of drug-likeness (QED) is 0.555. The Kier molecular flexibility index (Phi) is 13.1. The number of unbranched alkanes of at least 4 members (excludes halogenated alkanes) is 2. The van der Waals surface area contributed by atoms with Gasteiger partial charge in [0.2, 0.25) is 0 Å². The van der Waals surface area contributed by atoms with Gasteiger partial charge in [-0.05, 0) is 31.5 Å². The van der Waals surface area contributed by atoms with Gasteiger partial charge in [0.1, 0.15) is 0 Å². The first-order chi connectivity index (χ1) is 8.35. The number of halogens is 1. The molecule has 1 aromatic rings. The van der Waals surface area contributed by atoms with Crippen molar-refractivity contribution in [3.63, 3.8) is 0 Å². The molecule has 0 spiro atoms. The first-order valence-corrected chi connectivity index (χ1v) is 7.19. The molecule has 0 unspecified atom stereocenters. The van der Waals surface area contributed by atoms with Crippen LogP contribution in [-0.4, -0.2) is 13.1 Å². The Bertz CT molecular complexity index is 230. The average molecular weight is 256 g/mol. The molecule has 0 saturated heterocycles. The average Bonchev–Trinajstić information content (AvgIpc) is 2.40. The van der Waals surface area contributed by atoms with Crippen molar-refractivity contribution in [3.8, 4) is 0 Å². The van der Waals surface area contributed by atoms with Gasteiger partial charge in [-0.15, -0.1) is 11.6 Å². The van der Waals surface area contributed by atoms with E-state index in [4.69, 9.17) is 11.6 Å². The molecule has 0 amide bonds. The Hall–Kier alpha value is -0.530. The predicted molar refractivity (Wildman–Crippen MR) is 78.7 cm³/mol. The Labute approximate surface area is 112 Å². The van der Waals surface area contributed by atoms with Crippen molar-refractivity contribution < 1.29 is 0 Å². The minimum Gasteiger partial charge on any atom is -0.317 e. The molecule has 0 aliphatic carbocycles. The van der Waals surface area contributed by atoms with E-state index >= 15 is 0 Å². The van der Waals surface area contributed by atoms with Gasteiger partial charge in [-0.2, -0.15) is 0 Å². The van der Waals surface area contributed by atoms with Crippen LogP contribution in [-0.2, 0) is 5.88 Å². The molecule has 0 atom stereocenters. The van der Waals surface area contributed by atoms with E-state index < -0.39 is 0 Å². The van der Waals surface area contributed by atoms with Crippen LogP contribution < -0.4 is 5.32 Å². The largest absolute Gasteiger partial charge is 0.317 e. The number of hydrogen-bond acceptors (Lipinski definition) is 1. The van der Waals surface area contributed by atoms with Gasteiger partial charge in [0.05, 0.1) is 0 Å². The molecule has 0 saturated carbocycles. The first-order valence-electron chi connectivity index (χ1n) is 6.65. The Morgan fingerprint density at radius 2 is 1.47 bits per heavy atom. The summed E-state index contributed by atoms with van der Waals surface area (Å²) in [6.45, 7) is 6.86. The number of nitrogens with one attached hydrogen (secondary N) is 1. The Morgan fingerprint density at radius 3 is 1.82 bits per heavy atom. The predicted octanol–water partition coefficient (Wildman–Crippen LogP) is 4.60. The van der Waals surface area contributed by atoms with Crippen LogP contribution in [0.25, 0.3) is 0 Å². The molecule has 0 aliphatic rings. The van der Waals surface area contributed by atoms with Crippen LogP contribution in [0.3, 0.4) is 0 Å². The molecule has 0 heterocycles. The zero-order chi connectivity index (χ0) is 12.8. The van der Waals surface area contributed by atoms with Crippen LogP contribution in [0.1, 0.15) is 45.1 Å². The van der Waals surface area contributed by atoms with Gasteiger partial charge in [0, 0.05) is 5.88 Å². The minimum atomic E-state index is 0.612. The lowest BCUT2D eigenvalue weighted by Gasteiger charge is -1.99. The van der Waals surface area contributed by atoms with Gasteiger partial charge in [-0.1, -0.05) is 57.0 Å². The molecule has 0 radical (unpaired) electrons. The minimum absolute atomic E-state index is 0.612. The molecule has 0 bridgehead atoms. The molecule has 0 aliphatic heterocycles. The molecule has 1 N–H and O–H groups in total. The third-order valence-electron chi connectivity index (χ3n) is 2.41. The van der Waals surface area contributed by atoms with Crippen molar-refractivity contribution in [1.29, 1.82) is 0 Å². The maximum atomic E-state index is 5.53. The van der Waals surface area contributed by atoms with E-state index in [1.165, 1.54) is 44.3 Å². The molecular weight excluding hydrogens is 230 g/mol. The van der Waals surface area contributed by atoms with Crippen LogP contribution >= 0.6 is 11.6 Å². The van der Waals surface area contributed by atoms with Gasteiger partial charge in [0.25, 0.3) is 0 Å². The van der Waals surface area contributed by atoms with Crippen molar-refractivity contribution in [2.75, 3.05) is 13.1 Å². The second-order valence-corrected chi connectivity index (χ2v) is 4.34. The standard InChI is InChI=1S/C8H19N.C7H7Cl/c1-3-5-7-9-8-6-4-2;8-6-7-4-2-1-3-5-7/h9H,3-8H2,1-2H3;1-5H,6H2. The van der Waals surface area contributed by atoms with Crippen LogP contribution in [0.4, 0.5) is 0 Å². The molecular formula is C15H26ClN. The van der Waals surface area contributed by atoms with E-state index in [1.54, 1.807) is 0 Å². The van der Waals surface area contributed by atoms with Gasteiger partial charge >= 0.3 is 0 Å². The van der Waals surface area contributed by atoms with E-state index in [0.29, 0.717) is 5.88 Å². The summed E-state index contributed by atoms with van der Waals surface area (Å²) in [5, 5.41) is 3.39. The highest BCUT2D eigenvalue weighted by Gasteiger charge is 1.83. The number of benzene rings is 1. The molecule has 17 heavy (non-hydrogen) atoms. The lowest BCUT2D eigenvalue weighted by atomic mass is 10.2. The van der Waals surface area contributed by atoms with Crippen LogP contribution in [0, 0.1) is 0 Å². The van der Waals surface area contributed by atoms with Crippen molar-refractivity contribution in [2.45, 2.75) is 45.4 Å². The van der Waals surface area contributed by atoms with Gasteiger partial charge in [0.15, 0.2) is 0 Å². The van der Waals surface area contributed by atoms with Crippen LogP contribution in [0.2, 0.25) is 0 Å². The van der Waals surface area contributed by atoms with Crippen molar-refractivity contribution in [1.82, 2.24) is 5.32 Å². The number of alkyl halides is 1. The monoisotopic (exact) mass is 255 g/mol. The van der Waals surface area contributed by atoms with E-state index in [-0.39, 0.29) is 0 Å². The summed E-state index contributed by atoms with van der Waals surface area (Å²) in [6.07, 6.45) is 5.26. The van der Waals surface area contributed by atoms with Crippen molar-refractivity contribution in [3.05, 3.63) is 35.9 Å². The Balaban J connectivity index is 0.000000302. The SMILES string of the molecule is CCCCNCCCC.ClCc1ccccc1. The van der Waals surface area contributed by atoms with E-state index in [2.05, 4.69) is 19.2 Å². The molecule has 0 fully saturated rings. The molecule has 1 aromatic carbocycles. The third-order valence-corrected chi connectivity index (χ3v) is 2.72. The summed E-state index contributed by atoms with van der Waals surface area (Å²) >= 11 is 5.53. The summed E-state index contributed by atoms with van der Waals surface area (Å²) in [6, 6.07) is 9.96. The lowest BCUT2D eigenvalue weighted by molar-refractivity contribution is 0.611.